The van der Waals surface area contributed by atoms with Crippen molar-refractivity contribution >= 4 is 15.9 Å². The summed E-state index contributed by atoms with van der Waals surface area (Å²) < 4.78 is 11.6. The lowest BCUT2D eigenvalue weighted by molar-refractivity contribution is 0.220. The Morgan fingerprint density at radius 2 is 2.25 bits per heavy atom. The van der Waals surface area contributed by atoms with Crippen molar-refractivity contribution in [3.05, 3.63) is 16.6 Å². The van der Waals surface area contributed by atoms with E-state index in [1.165, 1.54) is 7.11 Å². The van der Waals surface area contributed by atoms with E-state index in [9.17, 15) is 5.11 Å². The van der Waals surface area contributed by atoms with Crippen molar-refractivity contribution in [1.82, 2.24) is 5.32 Å². The van der Waals surface area contributed by atoms with Gasteiger partial charge in [-0.3, -0.25) is 0 Å². The topological polar surface area (TPSA) is 50.7 Å². The highest BCUT2D eigenvalue weighted by Gasteiger charge is 2.18. The SMILES string of the molecule is COc1cc(OC2CCNC2)c(Br)cc1O. The van der Waals surface area contributed by atoms with Gasteiger partial charge in [-0.1, -0.05) is 0 Å². The molecule has 1 atom stereocenters. The number of rotatable bonds is 3. The quantitative estimate of drug-likeness (QED) is 0.892. The van der Waals surface area contributed by atoms with Crippen molar-refractivity contribution in [2.75, 3.05) is 20.2 Å². The normalized spacial score (nSPS) is 19.8. The number of methoxy groups -OCH3 is 1. The molecular formula is C11H14BrNO3. The molecule has 1 aromatic rings. The molecule has 1 aliphatic rings. The fourth-order valence-electron chi connectivity index (χ4n) is 1.69. The van der Waals surface area contributed by atoms with E-state index in [2.05, 4.69) is 21.2 Å². The third kappa shape index (κ3) is 2.41. The molecule has 1 heterocycles. The zero-order valence-corrected chi connectivity index (χ0v) is 10.6. The lowest BCUT2D eigenvalue weighted by atomic mass is 10.3. The molecule has 0 aromatic heterocycles. The highest BCUT2D eigenvalue weighted by atomic mass is 79.9. The van der Waals surface area contributed by atoms with Crippen LogP contribution in [-0.4, -0.2) is 31.4 Å². The molecule has 1 unspecified atom stereocenters. The molecule has 0 radical (unpaired) electrons. The van der Waals surface area contributed by atoms with Crippen molar-refractivity contribution in [3.8, 4) is 17.2 Å². The van der Waals surface area contributed by atoms with Crippen molar-refractivity contribution in [3.63, 3.8) is 0 Å². The third-order valence-electron chi connectivity index (χ3n) is 2.54. The van der Waals surface area contributed by atoms with Gasteiger partial charge >= 0.3 is 0 Å². The Hall–Kier alpha value is -0.940. The van der Waals surface area contributed by atoms with Gasteiger partial charge in [-0.15, -0.1) is 0 Å². The maximum absolute atomic E-state index is 9.55. The first-order valence-corrected chi connectivity index (χ1v) is 5.94. The van der Waals surface area contributed by atoms with Gasteiger partial charge in [-0.05, 0) is 28.9 Å². The third-order valence-corrected chi connectivity index (χ3v) is 3.16. The van der Waals surface area contributed by atoms with Crippen LogP contribution in [0.3, 0.4) is 0 Å². The summed E-state index contributed by atoms with van der Waals surface area (Å²) in [4.78, 5) is 0. The van der Waals surface area contributed by atoms with Gasteiger partial charge < -0.3 is 19.9 Å². The van der Waals surface area contributed by atoms with Crippen LogP contribution in [0, 0.1) is 0 Å². The standard InChI is InChI=1S/C11H14BrNO3/c1-15-11-5-10(8(12)4-9(11)14)16-7-2-3-13-6-7/h4-5,7,13-14H,2-3,6H2,1H3. The summed E-state index contributed by atoms with van der Waals surface area (Å²) in [5.41, 5.74) is 0. The Morgan fingerprint density at radius 1 is 1.44 bits per heavy atom. The fraction of sp³-hybridized carbons (Fsp3) is 0.455. The van der Waals surface area contributed by atoms with Crippen LogP contribution < -0.4 is 14.8 Å². The molecule has 16 heavy (non-hydrogen) atoms. The van der Waals surface area contributed by atoms with Gasteiger partial charge in [0, 0.05) is 18.7 Å². The van der Waals surface area contributed by atoms with E-state index in [0.29, 0.717) is 11.5 Å². The molecule has 5 heteroatoms. The summed E-state index contributed by atoms with van der Waals surface area (Å²) in [5, 5.41) is 12.8. The van der Waals surface area contributed by atoms with Crippen LogP contribution in [0.25, 0.3) is 0 Å². The second-order valence-electron chi connectivity index (χ2n) is 3.69. The van der Waals surface area contributed by atoms with Crippen molar-refractivity contribution < 1.29 is 14.6 Å². The number of benzene rings is 1. The highest BCUT2D eigenvalue weighted by Crippen LogP contribution is 2.37. The number of hydrogen-bond donors (Lipinski definition) is 2. The van der Waals surface area contributed by atoms with Gasteiger partial charge in [-0.25, -0.2) is 0 Å². The number of nitrogens with one attached hydrogen (secondary N) is 1. The molecule has 4 nitrogen and oxygen atoms in total. The minimum absolute atomic E-state index is 0.103. The minimum Gasteiger partial charge on any atom is -0.504 e. The molecule has 1 saturated heterocycles. The van der Waals surface area contributed by atoms with E-state index in [-0.39, 0.29) is 11.9 Å². The van der Waals surface area contributed by atoms with Gasteiger partial charge in [0.2, 0.25) is 0 Å². The van der Waals surface area contributed by atoms with Gasteiger partial charge in [0.05, 0.1) is 11.6 Å². The summed E-state index contributed by atoms with van der Waals surface area (Å²) in [7, 11) is 1.52. The molecule has 0 amide bonds. The molecule has 0 spiro atoms. The van der Waals surface area contributed by atoms with Crippen LogP contribution in [0.2, 0.25) is 0 Å². The Kier molecular flexibility index (Phi) is 3.56. The zero-order valence-electron chi connectivity index (χ0n) is 9.00. The van der Waals surface area contributed by atoms with Gasteiger partial charge in [-0.2, -0.15) is 0 Å². The Balaban J connectivity index is 2.18. The zero-order chi connectivity index (χ0) is 11.5. The monoisotopic (exact) mass is 287 g/mol. The lowest BCUT2D eigenvalue weighted by Crippen LogP contribution is -2.19. The van der Waals surface area contributed by atoms with Gasteiger partial charge in [0.1, 0.15) is 11.9 Å². The largest absolute Gasteiger partial charge is 0.504 e. The summed E-state index contributed by atoms with van der Waals surface area (Å²) in [6.45, 7) is 1.84. The molecule has 0 aliphatic carbocycles. The van der Waals surface area contributed by atoms with E-state index < -0.39 is 0 Å². The number of hydrogen-bond acceptors (Lipinski definition) is 4. The Bertz CT molecular complexity index is 378. The second kappa shape index (κ2) is 4.93. The van der Waals surface area contributed by atoms with Crippen molar-refractivity contribution in [2.45, 2.75) is 12.5 Å². The van der Waals surface area contributed by atoms with Crippen LogP contribution in [0.1, 0.15) is 6.42 Å². The summed E-state index contributed by atoms with van der Waals surface area (Å²) in [5.74, 6) is 1.22. The molecule has 2 rings (SSSR count). The van der Waals surface area contributed by atoms with Crippen LogP contribution in [0.15, 0.2) is 16.6 Å². The van der Waals surface area contributed by atoms with E-state index in [4.69, 9.17) is 9.47 Å². The van der Waals surface area contributed by atoms with E-state index in [1.807, 2.05) is 0 Å². The molecule has 0 bridgehead atoms. The predicted octanol–water partition coefficient (Wildman–Crippen LogP) is 1.90. The van der Waals surface area contributed by atoms with Crippen LogP contribution in [0.5, 0.6) is 17.2 Å². The van der Waals surface area contributed by atoms with Crippen LogP contribution >= 0.6 is 15.9 Å². The average Bonchev–Trinajstić information content (AvgIpc) is 2.75. The molecular weight excluding hydrogens is 274 g/mol. The number of ether oxygens (including phenoxy) is 2. The Morgan fingerprint density at radius 3 is 2.88 bits per heavy atom. The minimum atomic E-state index is 0.103. The smallest absolute Gasteiger partial charge is 0.164 e. The molecule has 2 N–H and O–H groups in total. The van der Waals surface area contributed by atoms with E-state index in [0.717, 1.165) is 24.0 Å². The molecule has 1 fully saturated rings. The first kappa shape index (κ1) is 11.5. The first-order chi connectivity index (χ1) is 7.70. The maximum Gasteiger partial charge on any atom is 0.164 e. The first-order valence-electron chi connectivity index (χ1n) is 5.14. The summed E-state index contributed by atoms with van der Waals surface area (Å²) in [6.07, 6.45) is 1.18. The molecule has 1 aliphatic heterocycles. The summed E-state index contributed by atoms with van der Waals surface area (Å²) in [6, 6.07) is 3.27. The van der Waals surface area contributed by atoms with Crippen LogP contribution in [-0.2, 0) is 0 Å². The fourth-order valence-corrected chi connectivity index (χ4v) is 2.11. The molecule has 0 saturated carbocycles. The van der Waals surface area contributed by atoms with Crippen molar-refractivity contribution in [1.29, 1.82) is 0 Å². The number of phenols is 1. The van der Waals surface area contributed by atoms with Gasteiger partial charge in [0.15, 0.2) is 11.5 Å². The molecule has 88 valence electrons. The number of aromatic hydroxyl groups is 1. The number of phenolic OH excluding ortho intramolecular Hbond substituents is 1. The van der Waals surface area contributed by atoms with E-state index in [1.54, 1.807) is 12.1 Å². The van der Waals surface area contributed by atoms with Crippen LogP contribution in [0.4, 0.5) is 0 Å². The highest BCUT2D eigenvalue weighted by molar-refractivity contribution is 9.10. The van der Waals surface area contributed by atoms with Gasteiger partial charge in [0.25, 0.3) is 0 Å². The summed E-state index contributed by atoms with van der Waals surface area (Å²) >= 11 is 3.36. The predicted molar refractivity (Wildman–Crippen MR) is 64.3 cm³/mol. The number of halogens is 1. The maximum atomic E-state index is 9.55. The second-order valence-corrected chi connectivity index (χ2v) is 4.54. The van der Waals surface area contributed by atoms with Crippen molar-refractivity contribution in [2.24, 2.45) is 0 Å². The van der Waals surface area contributed by atoms with E-state index >= 15 is 0 Å². The molecule has 1 aromatic carbocycles. The average molecular weight is 288 g/mol. The lowest BCUT2D eigenvalue weighted by Gasteiger charge is -2.15. The Labute approximate surface area is 103 Å².